The van der Waals surface area contributed by atoms with Gasteiger partial charge in [0.1, 0.15) is 5.75 Å². The van der Waals surface area contributed by atoms with Crippen molar-refractivity contribution in [3.63, 3.8) is 0 Å². The molecule has 0 heterocycles. The summed E-state index contributed by atoms with van der Waals surface area (Å²) in [6, 6.07) is 15.6. The van der Waals surface area contributed by atoms with Crippen LogP contribution >= 0.6 is 7.37 Å². The van der Waals surface area contributed by atoms with E-state index in [0.717, 1.165) is 29.3 Å². The molecule has 0 fully saturated rings. The summed E-state index contributed by atoms with van der Waals surface area (Å²) in [4.78, 5) is 0. The Morgan fingerprint density at radius 2 is 1.59 bits per heavy atom. The van der Waals surface area contributed by atoms with Gasteiger partial charge in [-0.1, -0.05) is 56.3 Å². The van der Waals surface area contributed by atoms with Gasteiger partial charge < -0.3 is 4.52 Å². The topological polar surface area (TPSA) is 26.3 Å². The van der Waals surface area contributed by atoms with Crippen LogP contribution in [0.3, 0.4) is 0 Å². The standard InChI is InChI=1S/C19H23O2P/c1-4-15-22(20,19-14-10-8-12-17(19)6-3)21-18-13-9-7-11-16(18)5-2/h4,7-14H,1,5-6,15H2,2-3H3. The van der Waals surface area contributed by atoms with Crippen LogP contribution in [0.5, 0.6) is 5.75 Å². The van der Waals surface area contributed by atoms with Crippen molar-refractivity contribution in [1.29, 1.82) is 0 Å². The molecule has 116 valence electrons. The SMILES string of the molecule is C=CCP(=O)(Oc1ccccc1CC)c1ccccc1CC. The monoisotopic (exact) mass is 314 g/mol. The third kappa shape index (κ3) is 3.51. The highest BCUT2D eigenvalue weighted by atomic mass is 31.2. The Hall–Kier alpha value is -1.79. The zero-order valence-corrected chi connectivity index (χ0v) is 14.2. The first-order valence-electron chi connectivity index (χ1n) is 7.70. The third-order valence-corrected chi connectivity index (χ3v) is 6.11. The van der Waals surface area contributed by atoms with Crippen LogP contribution < -0.4 is 9.83 Å². The molecule has 0 aromatic heterocycles. The van der Waals surface area contributed by atoms with Crippen molar-refractivity contribution in [3.8, 4) is 5.75 Å². The van der Waals surface area contributed by atoms with Gasteiger partial charge in [-0.2, -0.15) is 0 Å². The quantitative estimate of drug-likeness (QED) is 0.532. The molecule has 0 N–H and O–H groups in total. The van der Waals surface area contributed by atoms with Crippen LogP contribution in [0.15, 0.2) is 61.2 Å². The number of hydrogen-bond donors (Lipinski definition) is 0. The highest BCUT2D eigenvalue weighted by Crippen LogP contribution is 2.47. The first kappa shape index (κ1) is 16.6. The molecule has 0 amide bonds. The van der Waals surface area contributed by atoms with Gasteiger partial charge in [-0.3, -0.25) is 4.57 Å². The minimum atomic E-state index is -3.01. The summed E-state index contributed by atoms with van der Waals surface area (Å²) < 4.78 is 19.6. The molecule has 0 bridgehead atoms. The van der Waals surface area contributed by atoms with Gasteiger partial charge in [0.05, 0.1) is 11.5 Å². The molecular weight excluding hydrogens is 291 g/mol. The first-order chi connectivity index (χ1) is 10.6. The van der Waals surface area contributed by atoms with Crippen LogP contribution in [0, 0.1) is 0 Å². The molecule has 1 atom stereocenters. The summed E-state index contributed by atoms with van der Waals surface area (Å²) in [6.07, 6.45) is 3.69. The van der Waals surface area contributed by atoms with Gasteiger partial charge in [-0.05, 0) is 36.1 Å². The highest BCUT2D eigenvalue weighted by molar-refractivity contribution is 7.67. The molecular formula is C19H23O2P. The van der Waals surface area contributed by atoms with Gasteiger partial charge in [0, 0.05) is 0 Å². The highest BCUT2D eigenvalue weighted by Gasteiger charge is 2.28. The summed E-state index contributed by atoms with van der Waals surface area (Å²) in [5, 5.41) is 0.809. The molecule has 2 aromatic rings. The second-order valence-electron chi connectivity index (χ2n) is 5.18. The molecule has 2 rings (SSSR count). The van der Waals surface area contributed by atoms with Gasteiger partial charge in [0.2, 0.25) is 0 Å². The molecule has 2 nitrogen and oxygen atoms in total. The fourth-order valence-corrected chi connectivity index (χ4v) is 4.73. The smallest absolute Gasteiger partial charge is 0.281 e. The maximum Gasteiger partial charge on any atom is 0.281 e. The Labute approximate surface area is 133 Å². The van der Waals surface area contributed by atoms with Crippen LogP contribution in [0.2, 0.25) is 0 Å². The lowest BCUT2D eigenvalue weighted by Crippen LogP contribution is -2.16. The molecule has 2 aromatic carbocycles. The molecule has 0 spiro atoms. The number of aryl methyl sites for hydroxylation is 2. The van der Waals surface area contributed by atoms with Crippen molar-refractivity contribution in [3.05, 3.63) is 72.3 Å². The first-order valence-corrected chi connectivity index (χ1v) is 9.51. The van der Waals surface area contributed by atoms with Crippen molar-refractivity contribution in [2.24, 2.45) is 0 Å². The molecule has 0 saturated heterocycles. The molecule has 0 aliphatic carbocycles. The van der Waals surface area contributed by atoms with Gasteiger partial charge in [0.15, 0.2) is 0 Å². The lowest BCUT2D eigenvalue weighted by Gasteiger charge is -2.22. The van der Waals surface area contributed by atoms with E-state index in [2.05, 4.69) is 20.4 Å². The average Bonchev–Trinajstić information content (AvgIpc) is 2.55. The number of allylic oxidation sites excluding steroid dienone is 1. The Bertz CT molecular complexity index is 691. The second kappa shape index (κ2) is 7.47. The van der Waals surface area contributed by atoms with E-state index in [1.54, 1.807) is 6.08 Å². The number of benzene rings is 2. The number of rotatable bonds is 7. The lowest BCUT2D eigenvalue weighted by atomic mass is 10.1. The van der Waals surface area contributed by atoms with E-state index >= 15 is 0 Å². The Morgan fingerprint density at radius 3 is 2.23 bits per heavy atom. The molecule has 22 heavy (non-hydrogen) atoms. The molecule has 0 saturated carbocycles. The summed E-state index contributed by atoms with van der Waals surface area (Å²) in [6.45, 7) is 7.90. The fraction of sp³-hybridized carbons (Fsp3) is 0.263. The zero-order valence-electron chi connectivity index (χ0n) is 13.3. The lowest BCUT2D eigenvalue weighted by molar-refractivity contribution is 0.492. The number of para-hydroxylation sites is 1. The number of hydrogen-bond acceptors (Lipinski definition) is 2. The average molecular weight is 314 g/mol. The van der Waals surface area contributed by atoms with Crippen LogP contribution in [0.1, 0.15) is 25.0 Å². The molecule has 0 radical (unpaired) electrons. The van der Waals surface area contributed by atoms with Gasteiger partial charge in [-0.15, -0.1) is 6.58 Å². The Morgan fingerprint density at radius 1 is 1.00 bits per heavy atom. The molecule has 3 heteroatoms. The van der Waals surface area contributed by atoms with E-state index in [9.17, 15) is 4.57 Å². The maximum absolute atomic E-state index is 13.5. The Balaban J connectivity index is 2.48. The minimum absolute atomic E-state index is 0.335. The normalized spacial score (nSPS) is 13.4. The largest absolute Gasteiger partial charge is 0.439 e. The van der Waals surface area contributed by atoms with Crippen molar-refractivity contribution in [2.45, 2.75) is 26.7 Å². The van der Waals surface area contributed by atoms with E-state index in [0.29, 0.717) is 11.9 Å². The van der Waals surface area contributed by atoms with Crippen molar-refractivity contribution < 1.29 is 9.09 Å². The van der Waals surface area contributed by atoms with E-state index in [4.69, 9.17) is 4.52 Å². The van der Waals surface area contributed by atoms with Crippen LogP contribution in [-0.2, 0) is 17.4 Å². The van der Waals surface area contributed by atoms with Crippen LogP contribution in [0.4, 0.5) is 0 Å². The van der Waals surface area contributed by atoms with Gasteiger partial charge >= 0.3 is 0 Å². The van der Waals surface area contributed by atoms with E-state index in [1.807, 2.05) is 48.5 Å². The van der Waals surface area contributed by atoms with Crippen molar-refractivity contribution in [1.82, 2.24) is 0 Å². The summed E-state index contributed by atoms with van der Waals surface area (Å²) >= 11 is 0. The zero-order chi connectivity index (χ0) is 16.0. The molecule has 1 unspecified atom stereocenters. The summed E-state index contributed by atoms with van der Waals surface area (Å²) in [5.41, 5.74) is 2.14. The molecule has 0 aliphatic rings. The van der Waals surface area contributed by atoms with E-state index in [-0.39, 0.29) is 0 Å². The van der Waals surface area contributed by atoms with Gasteiger partial charge in [-0.25, -0.2) is 0 Å². The van der Waals surface area contributed by atoms with Gasteiger partial charge in [0.25, 0.3) is 7.37 Å². The second-order valence-corrected chi connectivity index (χ2v) is 7.56. The van der Waals surface area contributed by atoms with Crippen LogP contribution in [-0.4, -0.2) is 6.16 Å². The predicted octanol–water partition coefficient (Wildman–Crippen LogP) is 4.98. The Kier molecular flexibility index (Phi) is 5.63. The third-order valence-electron chi connectivity index (χ3n) is 3.71. The van der Waals surface area contributed by atoms with E-state index in [1.165, 1.54) is 0 Å². The maximum atomic E-state index is 13.5. The fourth-order valence-electron chi connectivity index (χ4n) is 2.54. The summed E-state index contributed by atoms with van der Waals surface area (Å²) in [7, 11) is -3.01. The predicted molar refractivity (Wildman–Crippen MR) is 94.6 cm³/mol. The van der Waals surface area contributed by atoms with Crippen molar-refractivity contribution in [2.75, 3.05) is 6.16 Å². The van der Waals surface area contributed by atoms with Crippen LogP contribution in [0.25, 0.3) is 0 Å². The summed E-state index contributed by atoms with van der Waals surface area (Å²) in [5.74, 6) is 0.709. The molecule has 0 aliphatic heterocycles. The van der Waals surface area contributed by atoms with Crippen molar-refractivity contribution >= 4 is 12.7 Å². The van der Waals surface area contributed by atoms with E-state index < -0.39 is 7.37 Å². The minimum Gasteiger partial charge on any atom is -0.439 e.